The lowest BCUT2D eigenvalue weighted by Gasteiger charge is -2.28. The molecule has 1 aromatic rings. The maximum atomic E-state index is 12.7. The molecule has 116 valence electrons. The molecule has 0 N–H and O–H groups in total. The molecule has 1 aromatic carbocycles. The number of halogens is 3. The van der Waals surface area contributed by atoms with Gasteiger partial charge in [0.1, 0.15) is 0 Å². The highest BCUT2D eigenvalue weighted by Gasteiger charge is 2.29. The van der Waals surface area contributed by atoms with Crippen LogP contribution in [0.4, 0.5) is 0 Å². The van der Waals surface area contributed by atoms with Gasteiger partial charge >= 0.3 is 0 Å². The van der Waals surface area contributed by atoms with E-state index in [0.29, 0.717) is 20.6 Å². The molecule has 0 unspecified atom stereocenters. The Kier molecular flexibility index (Phi) is 6.40. The van der Waals surface area contributed by atoms with Crippen LogP contribution in [0, 0.1) is 11.8 Å². The number of benzene rings is 1. The first-order chi connectivity index (χ1) is 10.0. The molecule has 0 spiro atoms. The zero-order chi connectivity index (χ0) is 15.4. The van der Waals surface area contributed by atoms with Gasteiger partial charge in [-0.3, -0.25) is 4.79 Å². The number of rotatable bonds is 5. The third-order valence-electron chi connectivity index (χ3n) is 4.44. The predicted molar refractivity (Wildman–Crippen MR) is 90.8 cm³/mol. The SMILES string of the molecule is CCCCC1CCC(C(=O)c2c(Cl)cc(Cl)cc2Cl)CC1. The van der Waals surface area contributed by atoms with Gasteiger partial charge in [-0.25, -0.2) is 0 Å². The average Bonchev–Trinajstić information content (AvgIpc) is 2.44. The number of carbonyl (C=O) groups is 1. The van der Waals surface area contributed by atoms with E-state index in [0.717, 1.165) is 31.6 Å². The molecule has 0 heterocycles. The van der Waals surface area contributed by atoms with Gasteiger partial charge in [-0.1, -0.05) is 61.0 Å². The quantitative estimate of drug-likeness (QED) is 0.534. The topological polar surface area (TPSA) is 17.1 Å². The van der Waals surface area contributed by atoms with E-state index in [9.17, 15) is 4.79 Å². The molecule has 0 aliphatic heterocycles. The van der Waals surface area contributed by atoms with Crippen LogP contribution in [0.1, 0.15) is 62.2 Å². The molecule has 0 aromatic heterocycles. The number of carbonyl (C=O) groups excluding carboxylic acids is 1. The van der Waals surface area contributed by atoms with Gasteiger partial charge in [-0.05, 0) is 43.7 Å². The minimum Gasteiger partial charge on any atom is -0.294 e. The van der Waals surface area contributed by atoms with E-state index in [-0.39, 0.29) is 11.7 Å². The number of ketones is 1. The third-order valence-corrected chi connectivity index (χ3v) is 5.25. The summed E-state index contributed by atoms with van der Waals surface area (Å²) in [6.45, 7) is 2.22. The fraction of sp³-hybridized carbons (Fsp3) is 0.588. The van der Waals surface area contributed by atoms with Crippen LogP contribution in [0.25, 0.3) is 0 Å². The van der Waals surface area contributed by atoms with Crippen LogP contribution in [0.3, 0.4) is 0 Å². The molecule has 1 fully saturated rings. The largest absolute Gasteiger partial charge is 0.294 e. The Morgan fingerprint density at radius 3 is 2.19 bits per heavy atom. The normalized spacial score (nSPS) is 22.3. The van der Waals surface area contributed by atoms with Crippen LogP contribution in [0.15, 0.2) is 12.1 Å². The zero-order valence-corrected chi connectivity index (χ0v) is 14.6. The summed E-state index contributed by atoms with van der Waals surface area (Å²) < 4.78 is 0. The first-order valence-corrected chi connectivity index (χ1v) is 8.85. The fourth-order valence-electron chi connectivity index (χ4n) is 3.19. The number of hydrogen-bond donors (Lipinski definition) is 0. The summed E-state index contributed by atoms with van der Waals surface area (Å²) in [4.78, 5) is 12.7. The van der Waals surface area contributed by atoms with Crippen molar-refractivity contribution < 1.29 is 4.79 Å². The lowest BCUT2D eigenvalue weighted by atomic mass is 9.77. The summed E-state index contributed by atoms with van der Waals surface area (Å²) in [5.74, 6) is 0.917. The van der Waals surface area contributed by atoms with Crippen molar-refractivity contribution in [1.82, 2.24) is 0 Å². The molecule has 1 nitrogen and oxygen atoms in total. The lowest BCUT2D eigenvalue weighted by molar-refractivity contribution is 0.0870. The Labute approximate surface area is 142 Å². The number of unbranched alkanes of at least 4 members (excludes halogenated alkanes) is 1. The van der Waals surface area contributed by atoms with Crippen molar-refractivity contribution in [3.05, 3.63) is 32.8 Å². The zero-order valence-electron chi connectivity index (χ0n) is 12.3. The van der Waals surface area contributed by atoms with E-state index < -0.39 is 0 Å². The van der Waals surface area contributed by atoms with Gasteiger partial charge < -0.3 is 0 Å². The molecule has 1 aliphatic rings. The van der Waals surface area contributed by atoms with Crippen molar-refractivity contribution in [3.63, 3.8) is 0 Å². The number of hydrogen-bond acceptors (Lipinski definition) is 1. The van der Waals surface area contributed by atoms with E-state index in [4.69, 9.17) is 34.8 Å². The van der Waals surface area contributed by atoms with Crippen LogP contribution >= 0.6 is 34.8 Å². The smallest absolute Gasteiger partial charge is 0.168 e. The molecule has 1 aliphatic carbocycles. The molecule has 0 amide bonds. The van der Waals surface area contributed by atoms with Crippen molar-refractivity contribution in [1.29, 1.82) is 0 Å². The second-order valence-electron chi connectivity index (χ2n) is 5.97. The molecule has 0 bridgehead atoms. The van der Waals surface area contributed by atoms with Gasteiger partial charge in [0, 0.05) is 10.9 Å². The summed E-state index contributed by atoms with van der Waals surface area (Å²) in [6.07, 6.45) is 8.00. The first kappa shape index (κ1) is 17.1. The molecule has 4 heteroatoms. The highest BCUT2D eigenvalue weighted by molar-refractivity contribution is 6.42. The van der Waals surface area contributed by atoms with Gasteiger partial charge in [0.25, 0.3) is 0 Å². The van der Waals surface area contributed by atoms with E-state index in [1.54, 1.807) is 12.1 Å². The Morgan fingerprint density at radius 2 is 1.67 bits per heavy atom. The summed E-state index contributed by atoms with van der Waals surface area (Å²) in [6, 6.07) is 3.18. The molecular formula is C17H21Cl3O. The monoisotopic (exact) mass is 346 g/mol. The van der Waals surface area contributed by atoms with Gasteiger partial charge in [0.05, 0.1) is 15.6 Å². The van der Waals surface area contributed by atoms with Crippen molar-refractivity contribution in [2.75, 3.05) is 0 Å². The summed E-state index contributed by atoms with van der Waals surface area (Å²) in [7, 11) is 0. The maximum Gasteiger partial charge on any atom is 0.168 e. The van der Waals surface area contributed by atoms with Gasteiger partial charge in [-0.2, -0.15) is 0 Å². The van der Waals surface area contributed by atoms with Gasteiger partial charge in [0.15, 0.2) is 5.78 Å². The summed E-state index contributed by atoms with van der Waals surface area (Å²) in [5.41, 5.74) is 0.444. The van der Waals surface area contributed by atoms with Gasteiger partial charge in [0.2, 0.25) is 0 Å². The van der Waals surface area contributed by atoms with Crippen LogP contribution in [0.2, 0.25) is 15.1 Å². The van der Waals surface area contributed by atoms with E-state index in [1.165, 1.54) is 19.3 Å². The highest BCUT2D eigenvalue weighted by atomic mass is 35.5. The number of Topliss-reactive ketones (excluding diaryl/α,β-unsaturated/α-hetero) is 1. The minimum atomic E-state index is 0.0547. The van der Waals surface area contributed by atoms with Crippen LogP contribution in [-0.4, -0.2) is 5.78 Å². The molecular weight excluding hydrogens is 327 g/mol. The van der Waals surface area contributed by atoms with E-state index in [1.807, 2.05) is 0 Å². The Bertz CT molecular complexity index is 482. The summed E-state index contributed by atoms with van der Waals surface area (Å²) >= 11 is 18.2. The molecule has 0 atom stereocenters. The van der Waals surface area contributed by atoms with Gasteiger partial charge in [-0.15, -0.1) is 0 Å². The van der Waals surface area contributed by atoms with Crippen molar-refractivity contribution >= 4 is 40.6 Å². The minimum absolute atomic E-state index is 0.0547. The standard InChI is InChI=1S/C17H21Cl3O/c1-2-3-4-11-5-7-12(8-6-11)17(21)16-14(19)9-13(18)10-15(16)20/h9-12H,2-8H2,1H3. The van der Waals surface area contributed by atoms with Crippen LogP contribution in [-0.2, 0) is 0 Å². The fourth-order valence-corrected chi connectivity index (χ4v) is 4.19. The van der Waals surface area contributed by atoms with Crippen LogP contribution in [0.5, 0.6) is 0 Å². The van der Waals surface area contributed by atoms with Crippen molar-refractivity contribution in [2.45, 2.75) is 51.9 Å². The molecule has 1 saturated carbocycles. The summed E-state index contributed by atoms with van der Waals surface area (Å²) in [5, 5.41) is 1.20. The first-order valence-electron chi connectivity index (χ1n) is 7.71. The Hall–Kier alpha value is -0.240. The molecule has 2 rings (SSSR count). The second-order valence-corrected chi connectivity index (χ2v) is 7.22. The second kappa shape index (κ2) is 7.85. The lowest BCUT2D eigenvalue weighted by Crippen LogP contribution is -2.22. The highest BCUT2D eigenvalue weighted by Crippen LogP contribution is 2.37. The molecule has 0 radical (unpaired) electrons. The van der Waals surface area contributed by atoms with Crippen LogP contribution < -0.4 is 0 Å². The maximum absolute atomic E-state index is 12.7. The Morgan fingerprint density at radius 1 is 1.10 bits per heavy atom. The molecule has 0 saturated heterocycles. The van der Waals surface area contributed by atoms with Crippen molar-refractivity contribution in [2.24, 2.45) is 11.8 Å². The van der Waals surface area contributed by atoms with Crippen molar-refractivity contribution in [3.8, 4) is 0 Å². The Balaban J connectivity index is 2.02. The molecule has 21 heavy (non-hydrogen) atoms. The predicted octanol–water partition coefficient (Wildman–Crippen LogP) is 6.83. The third kappa shape index (κ3) is 4.37. The van der Waals surface area contributed by atoms with E-state index >= 15 is 0 Å². The van der Waals surface area contributed by atoms with E-state index in [2.05, 4.69) is 6.92 Å². The average molecular weight is 348 g/mol.